The van der Waals surface area contributed by atoms with Gasteiger partial charge in [0, 0.05) is 33.5 Å². The van der Waals surface area contributed by atoms with E-state index in [1.165, 1.54) is 5.39 Å². The van der Waals surface area contributed by atoms with Crippen LogP contribution in [0.1, 0.15) is 11.0 Å². The molecule has 0 aliphatic carbocycles. The lowest BCUT2D eigenvalue weighted by molar-refractivity contribution is 1.30. The Hall–Kier alpha value is -15.5. The van der Waals surface area contributed by atoms with Crippen LogP contribution in [-0.4, -0.2) is 0 Å². The molecule has 0 spiro atoms. The van der Waals surface area contributed by atoms with Crippen molar-refractivity contribution in [3.05, 3.63) is 461 Å². The first-order valence-corrected chi connectivity index (χ1v) is 40.1. The van der Waals surface area contributed by atoms with E-state index in [0.29, 0.717) is 16.8 Å². The van der Waals surface area contributed by atoms with Crippen molar-refractivity contribution < 1.29 is 11.0 Å². The average molecular weight is 1510 g/mol. The largest absolute Gasteiger partial charge is 0.310 e. The van der Waals surface area contributed by atoms with Crippen molar-refractivity contribution in [3.63, 3.8) is 0 Å². The van der Waals surface area contributed by atoms with Gasteiger partial charge in [0.1, 0.15) is 0 Å². The topological polar surface area (TPSA) is 6.48 Å². The molecule has 0 bridgehead atoms. The van der Waals surface area contributed by atoms with Crippen LogP contribution >= 0.6 is 0 Å². The van der Waals surface area contributed by atoms with Gasteiger partial charge in [-0.3, -0.25) is 0 Å². The maximum Gasteiger partial charge on any atom is 0.0645 e. The summed E-state index contributed by atoms with van der Waals surface area (Å²) in [6, 6.07) is 140. The van der Waals surface area contributed by atoms with Crippen molar-refractivity contribution in [2.75, 3.05) is 9.80 Å². The van der Waals surface area contributed by atoms with Crippen molar-refractivity contribution >= 4 is 153 Å². The molecule has 0 saturated heterocycles. The van der Waals surface area contributed by atoms with E-state index >= 15 is 0 Å². The second-order valence-corrected chi connectivity index (χ2v) is 30.1. The molecule has 2 nitrogen and oxygen atoms in total. The van der Waals surface area contributed by atoms with Crippen LogP contribution in [0, 0.1) is 0 Å². The lowest BCUT2D eigenvalue weighted by Crippen LogP contribution is -2.11. The van der Waals surface area contributed by atoms with Gasteiger partial charge in [0.25, 0.3) is 0 Å². The van der Waals surface area contributed by atoms with Crippen LogP contribution in [-0.2, 0) is 0 Å². The van der Waals surface area contributed by atoms with Gasteiger partial charge >= 0.3 is 0 Å². The summed E-state index contributed by atoms with van der Waals surface area (Å²) < 4.78 is 80.5. The summed E-state index contributed by atoms with van der Waals surface area (Å²) in [5, 5.41) is 22.7. The van der Waals surface area contributed by atoms with E-state index in [-0.39, 0.29) is 70.8 Å². The SMILES string of the molecule is [2H]c1c([2H])c(N(c2ccc(-c3ccccc3-c3ccccc3)cc2)c2cc3ccccc3c3ccccc23)c([2H])c([2H])c1-c1c(-c2ccccc2)c2ccccc2c2ccccc12.[2H]c1c([2H])c(N(c2ccc3c4ccccc4c4ccccc4c3c2)c2cc3ccccc3c3ccccc23)c([2H])c([2H])c1-c1c(-c2ccccc2)c2ccccc2c2ccccc12. The Morgan fingerprint density at radius 1 is 0.144 bits per heavy atom. The molecule has 0 aromatic heterocycles. The Bertz CT molecular complexity index is 8300. The molecule has 23 rings (SSSR count). The first kappa shape index (κ1) is 61.1. The number of rotatable bonds is 12. The van der Waals surface area contributed by atoms with Crippen LogP contribution in [0.25, 0.3) is 185 Å². The summed E-state index contributed by atoms with van der Waals surface area (Å²) in [6.07, 6.45) is 0. The molecule has 0 heterocycles. The van der Waals surface area contributed by atoms with Gasteiger partial charge in [0.2, 0.25) is 0 Å². The molecule has 0 N–H and O–H groups in total. The van der Waals surface area contributed by atoms with E-state index in [0.717, 1.165) is 175 Å². The summed E-state index contributed by atoms with van der Waals surface area (Å²) in [6.45, 7) is 0. The van der Waals surface area contributed by atoms with Crippen molar-refractivity contribution in [1.82, 2.24) is 0 Å². The number of hydrogen-bond donors (Lipinski definition) is 0. The van der Waals surface area contributed by atoms with Crippen LogP contribution < -0.4 is 9.80 Å². The number of benzene rings is 23. The van der Waals surface area contributed by atoms with Crippen molar-refractivity contribution in [3.8, 4) is 66.8 Å². The predicted molar refractivity (Wildman–Crippen MR) is 507 cm³/mol. The van der Waals surface area contributed by atoms with Crippen molar-refractivity contribution in [2.24, 2.45) is 0 Å². The molecule has 23 aromatic rings. The molecule has 0 atom stereocenters. The van der Waals surface area contributed by atoms with E-state index in [1.54, 1.807) is 0 Å². The molecular formula is C116H76N2. The standard InChI is InChI=1S/C58H37N.C58H39N/c1-2-16-38(17-3-1)57-53-28-14-11-24-48(53)49-25-12-15-29-54(49)58(57)39-30-32-41(33-31-39)59(56-36-40-18-4-5-19-43(40)44-20-10-13-27-52(44)56)42-34-35-51-47-23-7-6-21-45(47)46-22-8-9-26-50(46)55(51)37-42;1-3-17-40(18-4-1)47-22-9-10-23-48(47)41-31-35-45(36-32-41)59(56-39-44-21-7-8-24-49(44)50-25-11-14-28-53(50)56)46-37-33-43(34-38-46)58-55-30-16-13-27-52(55)51-26-12-15-29-54(51)57(58)42-19-5-2-6-20-42/h1-37H;1-39H/i30D,31D,32D,33D;33D,34D,37D,38D. The van der Waals surface area contributed by atoms with E-state index in [1.807, 2.05) is 174 Å². The quantitative estimate of drug-likeness (QED) is 0.113. The summed E-state index contributed by atoms with van der Waals surface area (Å²) in [5.41, 5.74) is 13.2. The second kappa shape index (κ2) is 29.5. The lowest BCUT2D eigenvalue weighted by atomic mass is 9.85. The summed E-state index contributed by atoms with van der Waals surface area (Å²) in [4.78, 5) is 3.90. The predicted octanol–water partition coefficient (Wildman–Crippen LogP) is 33.0. The molecular weight excluding hydrogens is 1420 g/mol. The van der Waals surface area contributed by atoms with E-state index < -0.39 is 0 Å². The fraction of sp³-hybridized carbons (Fsp3) is 0. The van der Waals surface area contributed by atoms with Gasteiger partial charge < -0.3 is 9.80 Å². The summed E-state index contributed by atoms with van der Waals surface area (Å²) in [5.74, 6) is 0. The number of fused-ring (bicyclic) bond motifs is 18. The number of hydrogen-bond acceptors (Lipinski definition) is 2. The minimum absolute atomic E-state index is 0.101. The zero-order valence-corrected chi connectivity index (χ0v) is 64.2. The molecule has 0 aliphatic rings. The molecule has 0 amide bonds. The van der Waals surface area contributed by atoms with Crippen LogP contribution in [0.15, 0.2) is 461 Å². The van der Waals surface area contributed by atoms with Gasteiger partial charge in [0.05, 0.1) is 22.3 Å². The zero-order chi connectivity index (χ0) is 85.0. The third-order valence-corrected chi connectivity index (χ3v) is 23.6. The molecule has 118 heavy (non-hydrogen) atoms. The van der Waals surface area contributed by atoms with Crippen LogP contribution in [0.5, 0.6) is 0 Å². The molecule has 23 aromatic carbocycles. The van der Waals surface area contributed by atoms with E-state index in [2.05, 4.69) is 249 Å². The molecule has 0 aliphatic heterocycles. The normalized spacial score (nSPS) is 12.5. The lowest BCUT2D eigenvalue weighted by Gasteiger charge is -2.28. The highest BCUT2D eigenvalue weighted by atomic mass is 15.1. The van der Waals surface area contributed by atoms with Gasteiger partial charge in [-0.25, -0.2) is 0 Å². The van der Waals surface area contributed by atoms with Gasteiger partial charge in [-0.2, -0.15) is 0 Å². The average Bonchev–Trinajstić information content (AvgIpc) is 0.723. The molecule has 0 saturated carbocycles. The van der Waals surface area contributed by atoms with E-state index in [9.17, 15) is 11.0 Å². The minimum atomic E-state index is -0.127. The number of anilines is 6. The zero-order valence-electron chi connectivity index (χ0n) is 72.2. The first-order chi connectivity index (χ1) is 61.9. The Morgan fingerprint density at radius 3 is 0.763 bits per heavy atom. The maximum absolute atomic E-state index is 10.1. The van der Waals surface area contributed by atoms with Gasteiger partial charge in [-0.1, -0.05) is 400 Å². The minimum Gasteiger partial charge on any atom is -0.310 e. The summed E-state index contributed by atoms with van der Waals surface area (Å²) >= 11 is 0. The highest BCUT2D eigenvalue weighted by Gasteiger charge is 2.25. The van der Waals surface area contributed by atoms with Gasteiger partial charge in [0.15, 0.2) is 0 Å². The number of nitrogens with zero attached hydrogens (tertiary/aromatic N) is 2. The first-order valence-electron chi connectivity index (χ1n) is 44.1. The third-order valence-electron chi connectivity index (χ3n) is 23.6. The Labute approximate surface area is 696 Å². The fourth-order valence-corrected chi connectivity index (χ4v) is 18.3. The van der Waals surface area contributed by atoms with Crippen LogP contribution in [0.3, 0.4) is 0 Å². The Morgan fingerprint density at radius 2 is 0.390 bits per heavy atom. The van der Waals surface area contributed by atoms with Gasteiger partial charge in [-0.05, 0) is 235 Å². The van der Waals surface area contributed by atoms with Gasteiger partial charge in [-0.15, -0.1) is 0 Å². The molecule has 2 heteroatoms. The second-order valence-electron chi connectivity index (χ2n) is 30.1. The molecule has 550 valence electrons. The molecule has 0 fully saturated rings. The smallest absolute Gasteiger partial charge is 0.0645 e. The van der Waals surface area contributed by atoms with Crippen LogP contribution in [0.2, 0.25) is 0 Å². The van der Waals surface area contributed by atoms with Crippen LogP contribution in [0.4, 0.5) is 34.1 Å². The molecule has 0 radical (unpaired) electrons. The van der Waals surface area contributed by atoms with E-state index in [4.69, 9.17) is 0 Å². The maximum atomic E-state index is 10.1. The van der Waals surface area contributed by atoms with Crippen molar-refractivity contribution in [1.29, 1.82) is 0 Å². The monoisotopic (exact) mass is 1500 g/mol. The Balaban J connectivity index is 0.000000149. The summed E-state index contributed by atoms with van der Waals surface area (Å²) in [7, 11) is 0. The molecule has 0 unspecified atom stereocenters. The van der Waals surface area contributed by atoms with Crippen molar-refractivity contribution in [2.45, 2.75) is 0 Å². The Kier molecular flexibility index (Phi) is 15.3. The fourth-order valence-electron chi connectivity index (χ4n) is 18.3. The third kappa shape index (κ3) is 12.0. The highest BCUT2D eigenvalue weighted by molar-refractivity contribution is 6.27. The highest BCUT2D eigenvalue weighted by Crippen LogP contribution is 2.51.